The molecule has 0 saturated heterocycles. The van der Waals surface area contributed by atoms with Crippen molar-refractivity contribution in [3.05, 3.63) is 73.0 Å². The molecule has 0 amide bonds. The molecular weight excluding hydrogens is 418 g/mol. The van der Waals surface area contributed by atoms with Crippen LogP contribution in [0.4, 0.5) is 0 Å². The van der Waals surface area contributed by atoms with Crippen molar-refractivity contribution in [1.29, 1.82) is 0 Å². The molecule has 0 spiro atoms. The van der Waals surface area contributed by atoms with Crippen LogP contribution in [-0.4, -0.2) is 9.97 Å². The molecule has 23 heavy (non-hydrogen) atoms. The maximum Gasteiger partial charge on any atom is 0.111 e. The van der Waals surface area contributed by atoms with Gasteiger partial charge < -0.3 is 4.98 Å². The van der Waals surface area contributed by atoms with E-state index in [0.29, 0.717) is 21.5 Å². The van der Waals surface area contributed by atoms with E-state index in [1.807, 2.05) is 37.3 Å². The van der Waals surface area contributed by atoms with Gasteiger partial charge in [0, 0.05) is 32.2 Å². The molecule has 0 fully saturated rings. The summed E-state index contributed by atoms with van der Waals surface area (Å²) in [6, 6.07) is 11.2. The van der Waals surface area contributed by atoms with Crippen LogP contribution in [0.1, 0.15) is 17.1 Å². The fourth-order valence-electron chi connectivity index (χ4n) is 2.41. The van der Waals surface area contributed by atoms with Gasteiger partial charge in [0.05, 0.1) is 10.7 Å². The summed E-state index contributed by atoms with van der Waals surface area (Å²) >= 11 is 22.0. The average molecular weight is 431 g/mol. The zero-order valence-corrected chi connectivity index (χ0v) is 16.0. The predicted molar refractivity (Wildman–Crippen MR) is 101 cm³/mol. The fraction of sp³-hybridized carbons (Fsp3) is 0.118. The molecule has 0 bridgehead atoms. The van der Waals surface area contributed by atoms with Crippen LogP contribution in [0.2, 0.25) is 15.1 Å². The molecule has 118 valence electrons. The van der Waals surface area contributed by atoms with Gasteiger partial charge in [-0.25, -0.2) is 4.98 Å². The minimum atomic E-state index is 0.583. The molecule has 1 N–H and O–H groups in total. The van der Waals surface area contributed by atoms with E-state index in [1.54, 1.807) is 6.07 Å². The van der Waals surface area contributed by atoms with Crippen molar-refractivity contribution in [2.45, 2.75) is 13.3 Å². The van der Waals surface area contributed by atoms with Crippen LogP contribution in [0, 0.1) is 6.92 Å². The van der Waals surface area contributed by atoms with Gasteiger partial charge in [0.2, 0.25) is 0 Å². The lowest BCUT2D eigenvalue weighted by Crippen LogP contribution is -1.92. The summed E-state index contributed by atoms with van der Waals surface area (Å²) in [6.07, 6.45) is 0.615. The Labute approximate surface area is 157 Å². The Bertz CT molecular complexity index is 874. The third-order valence-corrected chi connectivity index (χ3v) is 4.90. The second kappa shape index (κ2) is 6.86. The minimum absolute atomic E-state index is 0.583. The molecule has 1 aromatic heterocycles. The number of nitrogens with one attached hydrogen (secondary N) is 1. The number of H-pyrrole nitrogens is 1. The minimum Gasteiger partial charge on any atom is -0.345 e. The molecule has 0 aliphatic heterocycles. The summed E-state index contributed by atoms with van der Waals surface area (Å²) in [6.45, 7) is 1.97. The number of benzene rings is 2. The second-order valence-corrected chi connectivity index (χ2v) is 7.36. The van der Waals surface area contributed by atoms with Crippen molar-refractivity contribution in [2.75, 3.05) is 0 Å². The van der Waals surface area contributed by atoms with Gasteiger partial charge in [0.15, 0.2) is 0 Å². The number of aromatic amines is 1. The lowest BCUT2D eigenvalue weighted by atomic mass is 10.1. The van der Waals surface area contributed by atoms with Gasteiger partial charge in [-0.2, -0.15) is 0 Å². The van der Waals surface area contributed by atoms with Gasteiger partial charge in [-0.1, -0.05) is 50.7 Å². The molecule has 2 aromatic carbocycles. The number of imidazole rings is 1. The number of aryl methyl sites for hydroxylation is 1. The van der Waals surface area contributed by atoms with Gasteiger partial charge >= 0.3 is 0 Å². The normalized spacial score (nSPS) is 11.0. The SMILES string of the molecule is Cc1[nH]c(Cc2cc(Br)ccc2Cl)nc1-c1ccc(Cl)cc1Cl. The molecule has 0 atom stereocenters. The molecule has 1 heterocycles. The third-order valence-electron chi connectivity index (χ3n) is 3.49. The molecule has 0 aliphatic rings. The maximum atomic E-state index is 6.29. The van der Waals surface area contributed by atoms with Gasteiger partial charge in [-0.05, 0) is 48.9 Å². The molecule has 0 aliphatic carbocycles. The molecule has 6 heteroatoms. The van der Waals surface area contributed by atoms with Gasteiger partial charge in [0.1, 0.15) is 5.82 Å². The Balaban J connectivity index is 1.96. The number of hydrogen-bond donors (Lipinski definition) is 1. The Kier molecular flexibility index (Phi) is 5.02. The van der Waals surface area contributed by atoms with Gasteiger partial charge in [0.25, 0.3) is 0 Å². The quantitative estimate of drug-likeness (QED) is 0.492. The summed E-state index contributed by atoms with van der Waals surface area (Å²) in [5.74, 6) is 0.837. The van der Waals surface area contributed by atoms with Crippen molar-refractivity contribution in [3.63, 3.8) is 0 Å². The molecular formula is C17H12BrCl3N2. The maximum absolute atomic E-state index is 6.29. The van der Waals surface area contributed by atoms with Crippen molar-refractivity contribution in [2.24, 2.45) is 0 Å². The number of hydrogen-bond acceptors (Lipinski definition) is 1. The summed E-state index contributed by atoms with van der Waals surface area (Å²) in [7, 11) is 0. The zero-order chi connectivity index (χ0) is 16.6. The van der Waals surface area contributed by atoms with Crippen LogP contribution in [0.25, 0.3) is 11.3 Å². The molecule has 3 aromatic rings. The smallest absolute Gasteiger partial charge is 0.111 e. The average Bonchev–Trinajstić information content (AvgIpc) is 2.83. The van der Waals surface area contributed by atoms with E-state index in [-0.39, 0.29) is 0 Å². The van der Waals surface area contributed by atoms with Crippen molar-refractivity contribution >= 4 is 50.7 Å². The first kappa shape index (κ1) is 16.8. The molecule has 2 nitrogen and oxygen atoms in total. The highest BCUT2D eigenvalue weighted by Gasteiger charge is 2.14. The number of nitrogens with zero attached hydrogens (tertiary/aromatic N) is 1. The molecule has 0 radical (unpaired) electrons. The predicted octanol–water partition coefficient (Wildman–Crippen LogP) is 6.70. The van der Waals surface area contributed by atoms with E-state index in [9.17, 15) is 0 Å². The highest BCUT2D eigenvalue weighted by atomic mass is 79.9. The molecule has 0 unspecified atom stereocenters. The molecule has 0 saturated carbocycles. The first-order chi connectivity index (χ1) is 10.9. The van der Waals surface area contributed by atoms with Gasteiger partial charge in [-0.15, -0.1) is 0 Å². The number of aromatic nitrogens is 2. The lowest BCUT2D eigenvalue weighted by Gasteiger charge is -2.03. The van der Waals surface area contributed by atoms with Crippen LogP contribution in [0.15, 0.2) is 40.9 Å². The number of halogens is 4. The highest BCUT2D eigenvalue weighted by molar-refractivity contribution is 9.10. The monoisotopic (exact) mass is 428 g/mol. The highest BCUT2D eigenvalue weighted by Crippen LogP contribution is 2.32. The van der Waals surface area contributed by atoms with Crippen LogP contribution < -0.4 is 0 Å². The van der Waals surface area contributed by atoms with Crippen molar-refractivity contribution in [1.82, 2.24) is 9.97 Å². The van der Waals surface area contributed by atoms with E-state index in [2.05, 4.69) is 25.9 Å². The summed E-state index contributed by atoms with van der Waals surface area (Å²) in [5.41, 5.74) is 3.64. The number of rotatable bonds is 3. The van der Waals surface area contributed by atoms with E-state index in [4.69, 9.17) is 34.8 Å². The van der Waals surface area contributed by atoms with Crippen molar-refractivity contribution < 1.29 is 0 Å². The lowest BCUT2D eigenvalue weighted by molar-refractivity contribution is 1.02. The Morgan fingerprint density at radius 2 is 1.83 bits per heavy atom. The first-order valence-corrected chi connectivity index (χ1v) is 8.81. The molecule has 3 rings (SSSR count). The Morgan fingerprint density at radius 1 is 1.04 bits per heavy atom. The van der Waals surface area contributed by atoms with E-state index >= 15 is 0 Å². The standard InChI is InChI=1S/C17H12BrCl3N2/c1-9-17(13-4-3-12(19)8-15(13)21)23-16(22-9)7-10-6-11(18)2-5-14(10)20/h2-6,8H,7H2,1H3,(H,22,23). The third kappa shape index (κ3) is 3.74. The Hall–Kier alpha value is -1.000. The zero-order valence-electron chi connectivity index (χ0n) is 12.1. The van der Waals surface area contributed by atoms with Crippen LogP contribution in [-0.2, 0) is 6.42 Å². The van der Waals surface area contributed by atoms with E-state index in [0.717, 1.165) is 32.8 Å². The summed E-state index contributed by atoms with van der Waals surface area (Å²) < 4.78 is 0.987. The second-order valence-electron chi connectivity index (χ2n) is 5.19. The first-order valence-electron chi connectivity index (χ1n) is 6.89. The van der Waals surface area contributed by atoms with Crippen molar-refractivity contribution in [3.8, 4) is 11.3 Å². The summed E-state index contributed by atoms with van der Waals surface area (Å²) in [5, 5.41) is 1.90. The largest absolute Gasteiger partial charge is 0.345 e. The van der Waals surface area contributed by atoms with Crippen LogP contribution in [0.3, 0.4) is 0 Å². The summed E-state index contributed by atoms with van der Waals surface area (Å²) in [4.78, 5) is 7.98. The topological polar surface area (TPSA) is 28.7 Å². The van der Waals surface area contributed by atoms with Gasteiger partial charge in [-0.3, -0.25) is 0 Å². The van der Waals surface area contributed by atoms with E-state index < -0.39 is 0 Å². The fourth-order valence-corrected chi connectivity index (χ4v) is 3.50. The van der Waals surface area contributed by atoms with Crippen LogP contribution >= 0.6 is 50.7 Å². The van der Waals surface area contributed by atoms with E-state index in [1.165, 1.54) is 0 Å². The van der Waals surface area contributed by atoms with Crippen LogP contribution in [0.5, 0.6) is 0 Å². The Morgan fingerprint density at radius 3 is 2.57 bits per heavy atom.